The van der Waals surface area contributed by atoms with Gasteiger partial charge in [0, 0.05) is 40.3 Å². The molecule has 25 heavy (non-hydrogen) atoms. The van der Waals surface area contributed by atoms with Gasteiger partial charge in [-0.25, -0.2) is 0 Å². The summed E-state index contributed by atoms with van der Waals surface area (Å²) >= 11 is 0. The van der Waals surface area contributed by atoms with Crippen LogP contribution in [-0.2, 0) is 21.5 Å². The summed E-state index contributed by atoms with van der Waals surface area (Å²) in [6.45, 7) is 4.55. The Balaban J connectivity index is 1.83. The Kier molecular flexibility index (Phi) is 5.67. The predicted octanol–water partition coefficient (Wildman–Crippen LogP) is -0.796. The Hall–Kier alpha value is -1.56. The molecule has 0 spiro atoms. The molecule has 1 N–H and O–H groups in total. The first-order valence-electron chi connectivity index (χ1n) is 8.45. The summed E-state index contributed by atoms with van der Waals surface area (Å²) in [7, 11) is -0.577. The Morgan fingerprint density at radius 3 is 2.12 bits per heavy atom. The van der Waals surface area contributed by atoms with E-state index in [1.165, 1.54) is 14.1 Å². The summed E-state index contributed by atoms with van der Waals surface area (Å²) in [5, 5.41) is 0. The molecule has 2 saturated heterocycles. The fraction of sp³-hybridized carbons (Fsp3) is 0.786. The highest BCUT2D eigenvalue weighted by atomic mass is 32.2. The molecule has 2 fully saturated rings. The first kappa shape index (κ1) is 18.2. The fourth-order valence-corrected chi connectivity index (χ4v) is 3.29. The molecule has 0 unspecified atom stereocenters. The molecule has 0 aliphatic carbocycles. The molecule has 11 heteroatoms. The molecule has 140 valence electrons. The highest BCUT2D eigenvalue weighted by Gasteiger charge is 2.22. The number of ether oxygens (including phenoxy) is 1. The molecule has 3 heterocycles. The lowest BCUT2D eigenvalue weighted by atomic mass is 10.4. The molecule has 2 aliphatic heterocycles. The standard InChI is InChI=1S/C14H25N7O3S/c1-19(2)25(22,23)15-11-12-16-13(20-5-3-4-6-20)18-14(17-12)21-7-9-24-10-8-21/h15H,3-11H2,1-2H3. The minimum atomic E-state index is -3.53. The van der Waals surface area contributed by atoms with Crippen molar-refractivity contribution in [2.75, 3.05) is 63.3 Å². The van der Waals surface area contributed by atoms with Gasteiger partial charge < -0.3 is 14.5 Å². The zero-order valence-electron chi connectivity index (χ0n) is 14.7. The van der Waals surface area contributed by atoms with E-state index < -0.39 is 10.2 Å². The zero-order valence-corrected chi connectivity index (χ0v) is 15.5. The van der Waals surface area contributed by atoms with Crippen LogP contribution in [0.15, 0.2) is 0 Å². The maximum Gasteiger partial charge on any atom is 0.279 e. The maximum atomic E-state index is 11.9. The number of anilines is 2. The van der Waals surface area contributed by atoms with Crippen molar-refractivity contribution < 1.29 is 13.2 Å². The van der Waals surface area contributed by atoms with Crippen LogP contribution in [0, 0.1) is 0 Å². The van der Waals surface area contributed by atoms with Gasteiger partial charge in [-0.1, -0.05) is 0 Å². The van der Waals surface area contributed by atoms with Crippen molar-refractivity contribution in [2.24, 2.45) is 0 Å². The first-order valence-corrected chi connectivity index (χ1v) is 9.89. The van der Waals surface area contributed by atoms with Gasteiger partial charge in [0.05, 0.1) is 19.8 Å². The van der Waals surface area contributed by atoms with Gasteiger partial charge in [-0.3, -0.25) is 0 Å². The second-order valence-corrected chi connectivity index (χ2v) is 8.22. The smallest absolute Gasteiger partial charge is 0.279 e. The molecular formula is C14H25N7O3S. The quantitative estimate of drug-likeness (QED) is 0.693. The van der Waals surface area contributed by atoms with Crippen molar-refractivity contribution in [3.05, 3.63) is 5.82 Å². The van der Waals surface area contributed by atoms with E-state index in [1.807, 2.05) is 0 Å². The predicted molar refractivity (Wildman–Crippen MR) is 93.8 cm³/mol. The Morgan fingerprint density at radius 2 is 1.56 bits per heavy atom. The van der Waals surface area contributed by atoms with Gasteiger partial charge in [0.25, 0.3) is 10.2 Å². The van der Waals surface area contributed by atoms with Crippen molar-refractivity contribution >= 4 is 22.1 Å². The number of nitrogens with zero attached hydrogens (tertiary/aromatic N) is 6. The lowest BCUT2D eigenvalue weighted by Crippen LogP contribution is -2.39. The van der Waals surface area contributed by atoms with Gasteiger partial charge in [0.1, 0.15) is 0 Å². The van der Waals surface area contributed by atoms with Crippen molar-refractivity contribution in [1.82, 2.24) is 24.0 Å². The number of aromatic nitrogens is 3. The van der Waals surface area contributed by atoms with E-state index in [1.54, 1.807) is 0 Å². The largest absolute Gasteiger partial charge is 0.378 e. The summed E-state index contributed by atoms with van der Waals surface area (Å²) in [4.78, 5) is 17.7. The van der Waals surface area contributed by atoms with Crippen LogP contribution >= 0.6 is 0 Å². The average Bonchev–Trinajstić information content (AvgIpc) is 3.15. The van der Waals surface area contributed by atoms with E-state index in [-0.39, 0.29) is 6.54 Å². The second-order valence-electron chi connectivity index (χ2n) is 6.25. The Bertz CT molecular complexity index is 686. The SMILES string of the molecule is CN(C)S(=O)(=O)NCc1nc(N2CCCC2)nc(N2CCOCC2)n1. The number of nitrogens with one attached hydrogen (secondary N) is 1. The third-order valence-electron chi connectivity index (χ3n) is 4.23. The number of hydrogen-bond donors (Lipinski definition) is 1. The summed E-state index contributed by atoms with van der Waals surface area (Å²) in [5.74, 6) is 1.62. The summed E-state index contributed by atoms with van der Waals surface area (Å²) in [6, 6.07) is 0. The topological polar surface area (TPSA) is 104 Å². The molecule has 0 saturated carbocycles. The molecule has 0 bridgehead atoms. The monoisotopic (exact) mass is 371 g/mol. The van der Waals surface area contributed by atoms with Gasteiger partial charge in [0.15, 0.2) is 5.82 Å². The van der Waals surface area contributed by atoms with E-state index in [0.717, 1.165) is 30.2 Å². The molecule has 3 rings (SSSR count). The van der Waals surface area contributed by atoms with Gasteiger partial charge in [-0.05, 0) is 12.8 Å². The molecule has 0 radical (unpaired) electrons. The van der Waals surface area contributed by atoms with Crippen LogP contribution < -0.4 is 14.5 Å². The Labute approximate surface area is 148 Å². The van der Waals surface area contributed by atoms with Gasteiger partial charge >= 0.3 is 0 Å². The van der Waals surface area contributed by atoms with E-state index >= 15 is 0 Å². The molecule has 2 aliphatic rings. The van der Waals surface area contributed by atoms with Crippen LogP contribution in [0.25, 0.3) is 0 Å². The van der Waals surface area contributed by atoms with Crippen molar-refractivity contribution in [3.63, 3.8) is 0 Å². The first-order chi connectivity index (χ1) is 12.0. The number of hydrogen-bond acceptors (Lipinski definition) is 8. The van der Waals surface area contributed by atoms with Crippen molar-refractivity contribution in [2.45, 2.75) is 19.4 Å². The van der Waals surface area contributed by atoms with E-state index in [9.17, 15) is 8.42 Å². The second kappa shape index (κ2) is 7.77. The minimum absolute atomic E-state index is 0.0290. The molecule has 0 atom stereocenters. The van der Waals surface area contributed by atoms with Crippen LogP contribution in [0.5, 0.6) is 0 Å². The van der Waals surface area contributed by atoms with E-state index in [2.05, 4.69) is 29.5 Å². The lowest BCUT2D eigenvalue weighted by Gasteiger charge is -2.28. The third kappa shape index (κ3) is 4.54. The van der Waals surface area contributed by atoms with E-state index in [0.29, 0.717) is 44.0 Å². The highest BCUT2D eigenvalue weighted by molar-refractivity contribution is 7.87. The molecule has 10 nitrogen and oxygen atoms in total. The maximum absolute atomic E-state index is 11.9. The van der Waals surface area contributed by atoms with Crippen LogP contribution in [0.2, 0.25) is 0 Å². The van der Waals surface area contributed by atoms with Crippen molar-refractivity contribution in [3.8, 4) is 0 Å². The molecule has 1 aromatic heterocycles. The normalized spacial score (nSPS) is 19.0. The van der Waals surface area contributed by atoms with Crippen LogP contribution in [0.1, 0.15) is 18.7 Å². The van der Waals surface area contributed by atoms with Crippen LogP contribution in [0.3, 0.4) is 0 Å². The minimum Gasteiger partial charge on any atom is -0.378 e. The summed E-state index contributed by atoms with van der Waals surface area (Å²) in [5.41, 5.74) is 0. The highest BCUT2D eigenvalue weighted by Crippen LogP contribution is 2.19. The van der Waals surface area contributed by atoms with Crippen molar-refractivity contribution in [1.29, 1.82) is 0 Å². The van der Waals surface area contributed by atoms with Gasteiger partial charge in [-0.2, -0.15) is 32.4 Å². The molecule has 0 aromatic carbocycles. The zero-order chi connectivity index (χ0) is 17.9. The average molecular weight is 371 g/mol. The molecule has 0 amide bonds. The van der Waals surface area contributed by atoms with Crippen LogP contribution in [-0.4, -0.2) is 81.2 Å². The third-order valence-corrected chi connectivity index (χ3v) is 5.70. The Morgan fingerprint density at radius 1 is 1.00 bits per heavy atom. The number of rotatable bonds is 6. The number of morpholine rings is 1. The van der Waals surface area contributed by atoms with E-state index in [4.69, 9.17) is 4.74 Å². The van der Waals surface area contributed by atoms with Gasteiger partial charge in [0.2, 0.25) is 11.9 Å². The lowest BCUT2D eigenvalue weighted by molar-refractivity contribution is 0.122. The summed E-state index contributed by atoms with van der Waals surface area (Å²) in [6.07, 6.45) is 2.22. The van der Waals surface area contributed by atoms with Crippen LogP contribution in [0.4, 0.5) is 11.9 Å². The summed E-state index contributed by atoms with van der Waals surface area (Å²) < 4.78 is 32.9. The van der Waals surface area contributed by atoms with Gasteiger partial charge in [-0.15, -0.1) is 0 Å². The fourth-order valence-electron chi connectivity index (χ4n) is 2.72. The molecular weight excluding hydrogens is 346 g/mol. The molecule has 1 aromatic rings.